The van der Waals surface area contributed by atoms with Gasteiger partial charge in [0.2, 0.25) is 0 Å². The Kier molecular flexibility index (Phi) is 4.06. The first-order valence-electron chi connectivity index (χ1n) is 7.91. The van der Waals surface area contributed by atoms with Crippen LogP contribution in [-0.2, 0) is 13.0 Å². The Morgan fingerprint density at radius 2 is 2.10 bits per heavy atom. The molecule has 0 radical (unpaired) electrons. The lowest BCUT2D eigenvalue weighted by molar-refractivity contribution is 0.684. The number of hydrogen-bond acceptors (Lipinski definition) is 3. The molecule has 1 fully saturated rings. The highest BCUT2D eigenvalue weighted by molar-refractivity contribution is 5.34. The van der Waals surface area contributed by atoms with Crippen LogP contribution >= 0.6 is 0 Å². The molecule has 4 heteroatoms. The molecular weight excluding hydrogens is 260 g/mol. The van der Waals surface area contributed by atoms with Gasteiger partial charge in [0, 0.05) is 24.0 Å². The van der Waals surface area contributed by atoms with Gasteiger partial charge in [-0.2, -0.15) is 0 Å². The predicted octanol–water partition coefficient (Wildman–Crippen LogP) is 3.09. The first-order valence-corrected chi connectivity index (χ1v) is 7.91. The third-order valence-electron chi connectivity index (χ3n) is 4.10. The third kappa shape index (κ3) is 3.32. The highest BCUT2D eigenvalue weighted by Gasteiger charge is 2.20. The minimum atomic E-state index is 0.730. The van der Waals surface area contributed by atoms with Crippen LogP contribution in [-0.4, -0.2) is 20.6 Å². The smallest absolute Gasteiger partial charge is 0.138 e. The molecule has 0 spiro atoms. The van der Waals surface area contributed by atoms with Crippen LogP contribution in [0.25, 0.3) is 5.82 Å². The zero-order valence-corrected chi connectivity index (χ0v) is 13.2. The van der Waals surface area contributed by atoms with E-state index in [2.05, 4.69) is 40.8 Å². The quantitative estimate of drug-likeness (QED) is 0.886. The average molecular weight is 284 g/mol. The second-order valence-corrected chi connectivity index (χ2v) is 6.02. The second kappa shape index (κ2) is 5.98. The van der Waals surface area contributed by atoms with Gasteiger partial charge in [-0.3, -0.25) is 4.57 Å². The largest absolute Gasteiger partial charge is 0.310 e. The molecule has 0 bridgehead atoms. The molecule has 0 unspecified atom stereocenters. The van der Waals surface area contributed by atoms with Crippen LogP contribution in [0.5, 0.6) is 0 Å². The van der Waals surface area contributed by atoms with Crippen molar-refractivity contribution in [2.75, 3.05) is 0 Å². The van der Waals surface area contributed by atoms with E-state index in [0.29, 0.717) is 0 Å². The number of pyridine rings is 1. The third-order valence-corrected chi connectivity index (χ3v) is 4.10. The second-order valence-electron chi connectivity index (χ2n) is 6.02. The number of aromatic nitrogens is 3. The van der Waals surface area contributed by atoms with E-state index in [1.54, 1.807) is 0 Å². The number of imidazole rings is 1. The summed E-state index contributed by atoms with van der Waals surface area (Å²) in [5.41, 5.74) is 4.72. The molecule has 1 N–H and O–H groups in total. The topological polar surface area (TPSA) is 42.7 Å². The van der Waals surface area contributed by atoms with Crippen molar-refractivity contribution >= 4 is 0 Å². The van der Waals surface area contributed by atoms with E-state index in [-0.39, 0.29) is 0 Å². The number of nitrogens with one attached hydrogen (secondary N) is 1. The van der Waals surface area contributed by atoms with Gasteiger partial charge in [0.05, 0.1) is 5.69 Å². The molecule has 2 heterocycles. The molecule has 0 atom stereocenters. The highest BCUT2D eigenvalue weighted by atomic mass is 15.1. The number of rotatable bonds is 6. The molecule has 0 saturated heterocycles. The Labute approximate surface area is 126 Å². The molecule has 3 rings (SSSR count). The van der Waals surface area contributed by atoms with Gasteiger partial charge in [0.15, 0.2) is 0 Å². The van der Waals surface area contributed by atoms with Crippen molar-refractivity contribution in [1.82, 2.24) is 19.9 Å². The van der Waals surface area contributed by atoms with E-state index >= 15 is 0 Å². The lowest BCUT2D eigenvalue weighted by Gasteiger charge is -2.11. The zero-order chi connectivity index (χ0) is 14.8. The molecule has 0 amide bonds. The fraction of sp³-hybridized carbons (Fsp3) is 0.529. The van der Waals surface area contributed by atoms with Crippen molar-refractivity contribution in [2.24, 2.45) is 0 Å². The molecule has 21 heavy (non-hydrogen) atoms. The lowest BCUT2D eigenvalue weighted by Crippen LogP contribution is -2.16. The molecule has 112 valence electrons. The molecule has 4 nitrogen and oxygen atoms in total. The summed E-state index contributed by atoms with van der Waals surface area (Å²) in [6, 6.07) is 5.15. The Morgan fingerprint density at radius 1 is 1.29 bits per heavy atom. The maximum absolute atomic E-state index is 4.81. The van der Waals surface area contributed by atoms with Crippen LogP contribution in [0, 0.1) is 13.8 Å². The van der Waals surface area contributed by atoms with Gasteiger partial charge >= 0.3 is 0 Å². The Balaban J connectivity index is 1.91. The van der Waals surface area contributed by atoms with E-state index in [1.807, 2.05) is 13.3 Å². The standard InChI is InChI=1S/C17H24N4/c1-4-5-16-8-14(10-18-15-6-7-15)9-17(20-16)21-11-19-12(2)13(21)3/h8-9,11,15,18H,4-7,10H2,1-3H3. The van der Waals surface area contributed by atoms with Crippen LogP contribution < -0.4 is 5.32 Å². The number of aryl methyl sites for hydroxylation is 2. The fourth-order valence-electron chi connectivity index (χ4n) is 2.52. The maximum atomic E-state index is 4.81. The van der Waals surface area contributed by atoms with Crippen molar-refractivity contribution in [2.45, 2.75) is 59.0 Å². The lowest BCUT2D eigenvalue weighted by atomic mass is 10.1. The molecule has 2 aromatic heterocycles. The van der Waals surface area contributed by atoms with Gasteiger partial charge in [-0.05, 0) is 50.8 Å². The summed E-state index contributed by atoms with van der Waals surface area (Å²) in [5.74, 6) is 0.992. The Bertz CT molecular complexity index is 626. The van der Waals surface area contributed by atoms with Gasteiger partial charge in [0.25, 0.3) is 0 Å². The van der Waals surface area contributed by atoms with Crippen LogP contribution in [0.4, 0.5) is 0 Å². The summed E-state index contributed by atoms with van der Waals surface area (Å²) >= 11 is 0. The van der Waals surface area contributed by atoms with Crippen molar-refractivity contribution < 1.29 is 0 Å². The van der Waals surface area contributed by atoms with Crippen molar-refractivity contribution in [3.63, 3.8) is 0 Å². The molecule has 1 aliphatic rings. The summed E-state index contributed by atoms with van der Waals surface area (Å²) in [6.07, 6.45) is 6.66. The molecule has 1 saturated carbocycles. The van der Waals surface area contributed by atoms with Crippen LogP contribution in [0.3, 0.4) is 0 Å². The maximum Gasteiger partial charge on any atom is 0.138 e. The van der Waals surface area contributed by atoms with Gasteiger partial charge in [-0.25, -0.2) is 9.97 Å². The summed E-state index contributed by atoms with van der Waals surface area (Å²) < 4.78 is 2.09. The van der Waals surface area contributed by atoms with Gasteiger partial charge in [-0.1, -0.05) is 13.3 Å². The van der Waals surface area contributed by atoms with Crippen LogP contribution in [0.2, 0.25) is 0 Å². The van der Waals surface area contributed by atoms with E-state index in [4.69, 9.17) is 4.98 Å². The predicted molar refractivity (Wildman–Crippen MR) is 84.7 cm³/mol. The van der Waals surface area contributed by atoms with Crippen molar-refractivity contribution in [3.05, 3.63) is 41.1 Å². The van der Waals surface area contributed by atoms with E-state index in [9.17, 15) is 0 Å². The average Bonchev–Trinajstić information content (AvgIpc) is 3.24. The Morgan fingerprint density at radius 3 is 2.71 bits per heavy atom. The van der Waals surface area contributed by atoms with E-state index in [0.717, 1.165) is 42.6 Å². The molecule has 2 aromatic rings. The monoisotopic (exact) mass is 284 g/mol. The number of hydrogen-bond donors (Lipinski definition) is 1. The molecular formula is C17H24N4. The first kappa shape index (κ1) is 14.3. The normalized spacial score (nSPS) is 14.6. The molecule has 1 aliphatic carbocycles. The SMILES string of the molecule is CCCc1cc(CNC2CC2)cc(-n2cnc(C)c2C)n1. The summed E-state index contributed by atoms with van der Waals surface area (Å²) in [4.78, 5) is 9.19. The van der Waals surface area contributed by atoms with Gasteiger partial charge in [-0.15, -0.1) is 0 Å². The van der Waals surface area contributed by atoms with Crippen LogP contribution in [0.1, 0.15) is 48.8 Å². The number of nitrogens with zero attached hydrogens (tertiary/aromatic N) is 3. The minimum Gasteiger partial charge on any atom is -0.310 e. The van der Waals surface area contributed by atoms with E-state index in [1.165, 1.54) is 24.1 Å². The summed E-state index contributed by atoms with van der Waals surface area (Å²) in [6.45, 7) is 7.27. The van der Waals surface area contributed by atoms with Gasteiger partial charge < -0.3 is 5.32 Å². The summed E-state index contributed by atoms with van der Waals surface area (Å²) in [5, 5.41) is 3.59. The zero-order valence-electron chi connectivity index (χ0n) is 13.2. The molecule has 0 aromatic carbocycles. The van der Waals surface area contributed by atoms with Crippen LogP contribution in [0.15, 0.2) is 18.5 Å². The van der Waals surface area contributed by atoms with Crippen molar-refractivity contribution in [1.29, 1.82) is 0 Å². The van der Waals surface area contributed by atoms with Crippen molar-refractivity contribution in [3.8, 4) is 5.82 Å². The Hall–Kier alpha value is -1.68. The minimum absolute atomic E-state index is 0.730. The van der Waals surface area contributed by atoms with E-state index < -0.39 is 0 Å². The highest BCUT2D eigenvalue weighted by Crippen LogP contribution is 2.20. The van der Waals surface area contributed by atoms with Gasteiger partial charge in [0.1, 0.15) is 12.1 Å². The molecule has 0 aliphatic heterocycles. The first-order chi connectivity index (χ1) is 10.2. The fourth-order valence-corrected chi connectivity index (χ4v) is 2.52. The summed E-state index contributed by atoms with van der Waals surface area (Å²) in [7, 11) is 0.